The third kappa shape index (κ3) is 2.38. The van der Waals surface area contributed by atoms with E-state index in [1.54, 1.807) is 6.20 Å². The quantitative estimate of drug-likeness (QED) is 0.895. The first-order valence-electron chi connectivity index (χ1n) is 7.18. The standard InChI is InChI=1S/C16H21N3O/c1-10-6-13(14-8-18-19-16(14)17)15(7-11(10)2)20-9-12-4-3-5-12/h6-8,12H,3-5,9H2,1-2H3,(H3,17,18,19). The molecule has 1 aliphatic rings. The van der Waals surface area contributed by atoms with Crippen LogP contribution < -0.4 is 10.5 Å². The summed E-state index contributed by atoms with van der Waals surface area (Å²) < 4.78 is 6.06. The van der Waals surface area contributed by atoms with Crippen molar-refractivity contribution in [3.8, 4) is 16.9 Å². The van der Waals surface area contributed by atoms with Crippen LogP contribution >= 0.6 is 0 Å². The van der Waals surface area contributed by atoms with Crippen molar-refractivity contribution in [2.24, 2.45) is 5.92 Å². The second-order valence-corrected chi connectivity index (χ2v) is 5.74. The SMILES string of the molecule is Cc1cc(OCC2CCC2)c(-c2cn[nH]c2N)cc1C. The molecule has 0 amide bonds. The minimum Gasteiger partial charge on any atom is -0.493 e. The van der Waals surface area contributed by atoms with Gasteiger partial charge in [0, 0.05) is 11.1 Å². The molecule has 1 heterocycles. The second kappa shape index (κ2) is 5.19. The first-order valence-corrected chi connectivity index (χ1v) is 7.18. The average molecular weight is 271 g/mol. The van der Waals surface area contributed by atoms with Gasteiger partial charge in [-0.2, -0.15) is 5.10 Å². The molecule has 3 N–H and O–H groups in total. The van der Waals surface area contributed by atoms with Crippen LogP contribution in [0.5, 0.6) is 5.75 Å². The molecule has 0 aliphatic heterocycles. The predicted molar refractivity (Wildman–Crippen MR) is 80.7 cm³/mol. The number of rotatable bonds is 4. The Kier molecular flexibility index (Phi) is 3.38. The van der Waals surface area contributed by atoms with E-state index in [-0.39, 0.29) is 0 Å². The highest BCUT2D eigenvalue weighted by Gasteiger charge is 2.19. The number of aromatic amines is 1. The van der Waals surface area contributed by atoms with E-state index in [4.69, 9.17) is 10.5 Å². The average Bonchev–Trinajstić information content (AvgIpc) is 2.77. The highest BCUT2D eigenvalue weighted by atomic mass is 16.5. The molecular formula is C16H21N3O. The molecule has 1 saturated carbocycles. The Morgan fingerprint density at radius 2 is 2.00 bits per heavy atom. The normalized spacial score (nSPS) is 15.1. The largest absolute Gasteiger partial charge is 0.493 e. The molecule has 0 unspecified atom stereocenters. The van der Waals surface area contributed by atoms with E-state index < -0.39 is 0 Å². The summed E-state index contributed by atoms with van der Waals surface area (Å²) in [6, 6.07) is 4.24. The molecular weight excluding hydrogens is 250 g/mol. The molecule has 20 heavy (non-hydrogen) atoms. The Hall–Kier alpha value is -1.97. The molecule has 0 radical (unpaired) electrons. The summed E-state index contributed by atoms with van der Waals surface area (Å²) in [6.45, 7) is 5.01. The van der Waals surface area contributed by atoms with E-state index in [9.17, 15) is 0 Å². The van der Waals surface area contributed by atoms with Crippen LogP contribution in [0.2, 0.25) is 0 Å². The summed E-state index contributed by atoms with van der Waals surface area (Å²) in [5, 5.41) is 6.80. The van der Waals surface area contributed by atoms with Gasteiger partial charge in [-0.05, 0) is 55.9 Å². The van der Waals surface area contributed by atoms with Gasteiger partial charge in [0.1, 0.15) is 11.6 Å². The predicted octanol–water partition coefficient (Wildman–Crippen LogP) is 3.45. The van der Waals surface area contributed by atoms with Gasteiger partial charge in [-0.25, -0.2) is 0 Å². The van der Waals surface area contributed by atoms with Gasteiger partial charge in [0.2, 0.25) is 0 Å². The van der Waals surface area contributed by atoms with Crippen LogP contribution in [-0.4, -0.2) is 16.8 Å². The molecule has 3 rings (SSSR count). The Balaban J connectivity index is 1.93. The number of nitrogen functional groups attached to an aromatic ring is 1. The van der Waals surface area contributed by atoms with Crippen molar-refractivity contribution in [2.45, 2.75) is 33.1 Å². The first kappa shape index (κ1) is 13.0. The highest BCUT2D eigenvalue weighted by Crippen LogP contribution is 2.36. The highest BCUT2D eigenvalue weighted by molar-refractivity contribution is 5.78. The molecule has 1 aromatic carbocycles. The summed E-state index contributed by atoms with van der Waals surface area (Å²) >= 11 is 0. The van der Waals surface area contributed by atoms with Gasteiger partial charge in [-0.1, -0.05) is 6.42 Å². The lowest BCUT2D eigenvalue weighted by molar-refractivity contribution is 0.181. The van der Waals surface area contributed by atoms with Crippen molar-refractivity contribution >= 4 is 5.82 Å². The van der Waals surface area contributed by atoms with Crippen LogP contribution in [0.4, 0.5) is 5.82 Å². The molecule has 1 aromatic heterocycles. The zero-order chi connectivity index (χ0) is 14.1. The van der Waals surface area contributed by atoms with Gasteiger partial charge in [0.25, 0.3) is 0 Å². The molecule has 1 fully saturated rings. The van der Waals surface area contributed by atoms with Gasteiger partial charge in [0.05, 0.1) is 12.8 Å². The monoisotopic (exact) mass is 271 g/mol. The topological polar surface area (TPSA) is 63.9 Å². The molecule has 4 nitrogen and oxygen atoms in total. The second-order valence-electron chi connectivity index (χ2n) is 5.74. The Morgan fingerprint density at radius 1 is 1.25 bits per heavy atom. The van der Waals surface area contributed by atoms with Crippen LogP contribution in [0.1, 0.15) is 30.4 Å². The van der Waals surface area contributed by atoms with Gasteiger partial charge >= 0.3 is 0 Å². The number of nitrogens with two attached hydrogens (primary N) is 1. The fourth-order valence-electron chi connectivity index (χ4n) is 2.50. The summed E-state index contributed by atoms with van der Waals surface area (Å²) in [4.78, 5) is 0. The Morgan fingerprint density at radius 3 is 2.60 bits per heavy atom. The number of aryl methyl sites for hydroxylation is 2. The Labute approximate surface area is 119 Å². The minimum absolute atomic E-state index is 0.585. The first-order chi connectivity index (χ1) is 9.65. The van der Waals surface area contributed by atoms with Crippen LogP contribution in [0.15, 0.2) is 18.3 Å². The molecule has 0 atom stereocenters. The molecule has 0 spiro atoms. The van der Waals surface area contributed by atoms with E-state index in [0.29, 0.717) is 11.7 Å². The number of benzene rings is 1. The summed E-state index contributed by atoms with van der Waals surface area (Å²) in [6.07, 6.45) is 5.67. The maximum atomic E-state index is 6.06. The molecule has 2 aromatic rings. The fourth-order valence-corrected chi connectivity index (χ4v) is 2.50. The lowest BCUT2D eigenvalue weighted by atomic mass is 9.86. The van der Waals surface area contributed by atoms with Crippen LogP contribution in [-0.2, 0) is 0 Å². The smallest absolute Gasteiger partial charge is 0.127 e. The van der Waals surface area contributed by atoms with Crippen LogP contribution in [0.25, 0.3) is 11.1 Å². The van der Waals surface area contributed by atoms with Crippen molar-refractivity contribution in [2.75, 3.05) is 12.3 Å². The van der Waals surface area contributed by atoms with Crippen molar-refractivity contribution in [1.29, 1.82) is 0 Å². The van der Waals surface area contributed by atoms with E-state index in [0.717, 1.165) is 23.5 Å². The molecule has 1 aliphatic carbocycles. The molecule has 0 saturated heterocycles. The number of aromatic nitrogens is 2. The summed E-state index contributed by atoms with van der Waals surface area (Å²) in [5.74, 6) is 2.21. The Bertz CT molecular complexity index is 614. The van der Waals surface area contributed by atoms with Crippen molar-refractivity contribution in [3.63, 3.8) is 0 Å². The molecule has 0 bridgehead atoms. The van der Waals surface area contributed by atoms with Crippen molar-refractivity contribution in [1.82, 2.24) is 10.2 Å². The van der Waals surface area contributed by atoms with E-state index >= 15 is 0 Å². The zero-order valence-electron chi connectivity index (χ0n) is 12.1. The zero-order valence-corrected chi connectivity index (χ0v) is 12.1. The summed E-state index contributed by atoms with van der Waals surface area (Å²) in [7, 11) is 0. The number of H-pyrrole nitrogens is 1. The maximum absolute atomic E-state index is 6.06. The van der Waals surface area contributed by atoms with Crippen LogP contribution in [0, 0.1) is 19.8 Å². The van der Waals surface area contributed by atoms with Gasteiger partial charge in [0.15, 0.2) is 0 Å². The van der Waals surface area contributed by atoms with Gasteiger partial charge in [-0.3, -0.25) is 5.10 Å². The van der Waals surface area contributed by atoms with E-state index in [2.05, 4.69) is 36.2 Å². The van der Waals surface area contributed by atoms with E-state index in [1.165, 1.54) is 30.4 Å². The third-order valence-corrected chi connectivity index (χ3v) is 4.25. The fraction of sp³-hybridized carbons (Fsp3) is 0.438. The number of hydrogen-bond acceptors (Lipinski definition) is 3. The maximum Gasteiger partial charge on any atom is 0.127 e. The van der Waals surface area contributed by atoms with Gasteiger partial charge < -0.3 is 10.5 Å². The number of ether oxygens (including phenoxy) is 1. The van der Waals surface area contributed by atoms with Crippen LogP contribution in [0.3, 0.4) is 0 Å². The molecule has 4 heteroatoms. The minimum atomic E-state index is 0.585. The van der Waals surface area contributed by atoms with E-state index in [1.807, 2.05) is 0 Å². The third-order valence-electron chi connectivity index (χ3n) is 4.25. The summed E-state index contributed by atoms with van der Waals surface area (Å²) in [5.41, 5.74) is 10.4. The lowest BCUT2D eigenvalue weighted by Crippen LogP contribution is -2.19. The lowest BCUT2D eigenvalue weighted by Gasteiger charge is -2.26. The van der Waals surface area contributed by atoms with Gasteiger partial charge in [-0.15, -0.1) is 0 Å². The number of nitrogens with zero attached hydrogens (tertiary/aromatic N) is 1. The number of hydrogen-bond donors (Lipinski definition) is 2. The number of nitrogens with one attached hydrogen (secondary N) is 1. The van der Waals surface area contributed by atoms with Crippen molar-refractivity contribution < 1.29 is 4.74 Å². The van der Waals surface area contributed by atoms with Crippen molar-refractivity contribution in [3.05, 3.63) is 29.5 Å². The number of anilines is 1. The molecule has 106 valence electrons.